The van der Waals surface area contributed by atoms with Crippen molar-refractivity contribution in [2.75, 3.05) is 13.7 Å². The number of methoxy groups -OCH3 is 1. The quantitative estimate of drug-likeness (QED) is 0.575. The zero-order chi connectivity index (χ0) is 23.2. The van der Waals surface area contributed by atoms with Gasteiger partial charge < -0.3 is 14.4 Å². The van der Waals surface area contributed by atoms with Crippen molar-refractivity contribution in [1.82, 2.24) is 4.90 Å². The van der Waals surface area contributed by atoms with Crippen molar-refractivity contribution in [3.05, 3.63) is 83.4 Å². The van der Waals surface area contributed by atoms with Gasteiger partial charge in [0.25, 0.3) is 0 Å². The Bertz CT molecular complexity index is 1270. The van der Waals surface area contributed by atoms with Crippen molar-refractivity contribution in [1.29, 1.82) is 0 Å². The molecule has 2 atom stereocenters. The molecule has 2 aliphatic rings. The Morgan fingerprint density at radius 1 is 0.970 bits per heavy atom. The van der Waals surface area contributed by atoms with E-state index >= 15 is 0 Å². The Labute approximate surface area is 192 Å². The summed E-state index contributed by atoms with van der Waals surface area (Å²) in [5.74, 6) is -1.34. The molecule has 0 saturated carbocycles. The van der Waals surface area contributed by atoms with Gasteiger partial charge in [-0.25, -0.2) is 4.79 Å². The van der Waals surface area contributed by atoms with Gasteiger partial charge in [-0.3, -0.25) is 9.59 Å². The van der Waals surface area contributed by atoms with Crippen molar-refractivity contribution in [3.8, 4) is 0 Å². The highest BCUT2D eigenvalue weighted by atomic mass is 16.5. The molecule has 1 unspecified atom stereocenters. The Hall–Kier alpha value is -3.67. The zero-order valence-corrected chi connectivity index (χ0v) is 18.7. The number of amides is 1. The minimum absolute atomic E-state index is 0.140. The normalized spacial score (nSPS) is 23.7. The molecule has 0 aliphatic carbocycles. The molecule has 6 heteroatoms. The minimum Gasteiger partial charge on any atom is -0.467 e. The summed E-state index contributed by atoms with van der Waals surface area (Å²) in [6, 6.07) is 21.0. The van der Waals surface area contributed by atoms with Gasteiger partial charge in [-0.1, -0.05) is 54.6 Å². The van der Waals surface area contributed by atoms with E-state index in [1.807, 2.05) is 66.7 Å². The van der Waals surface area contributed by atoms with Crippen LogP contribution in [0.2, 0.25) is 0 Å². The van der Waals surface area contributed by atoms with Gasteiger partial charge in [0.1, 0.15) is 0 Å². The molecule has 0 aromatic heterocycles. The predicted molar refractivity (Wildman–Crippen MR) is 122 cm³/mol. The van der Waals surface area contributed by atoms with E-state index in [9.17, 15) is 14.4 Å². The number of carbonyl (C=O) groups excluding carboxylic acids is 3. The van der Waals surface area contributed by atoms with E-state index in [1.165, 1.54) is 7.11 Å². The van der Waals surface area contributed by atoms with Crippen molar-refractivity contribution in [2.45, 2.75) is 37.3 Å². The standard InChI is InChI=1S/C27H25NO5/c1-3-33-25(31)27(21-11-5-4-6-12-21)22-16-19-10-8-7-9-18(19)15-20(22)17-28-23(29)13-14-26(27,28)24(30)32-2/h4-12,15-16H,3,13-14,17H2,1-2H3/t26-,27?/m0/s1. The van der Waals surface area contributed by atoms with E-state index in [0.717, 1.165) is 16.3 Å². The van der Waals surface area contributed by atoms with Crippen molar-refractivity contribution >= 4 is 28.6 Å². The topological polar surface area (TPSA) is 72.9 Å². The van der Waals surface area contributed by atoms with Crippen LogP contribution in [-0.4, -0.2) is 42.0 Å². The monoisotopic (exact) mass is 443 g/mol. The molecule has 6 nitrogen and oxygen atoms in total. The zero-order valence-electron chi connectivity index (χ0n) is 18.7. The van der Waals surface area contributed by atoms with Crippen LogP contribution >= 0.6 is 0 Å². The molecule has 1 amide bonds. The van der Waals surface area contributed by atoms with Crippen LogP contribution < -0.4 is 0 Å². The smallest absolute Gasteiger partial charge is 0.333 e. The maximum atomic E-state index is 14.1. The first-order valence-corrected chi connectivity index (χ1v) is 11.1. The summed E-state index contributed by atoms with van der Waals surface area (Å²) < 4.78 is 11.0. The Morgan fingerprint density at radius 3 is 2.30 bits per heavy atom. The van der Waals surface area contributed by atoms with Crippen LogP contribution in [0.15, 0.2) is 66.7 Å². The van der Waals surface area contributed by atoms with Crippen LogP contribution in [0.3, 0.4) is 0 Å². The molecule has 2 aliphatic heterocycles. The van der Waals surface area contributed by atoms with Crippen molar-refractivity contribution < 1.29 is 23.9 Å². The highest BCUT2D eigenvalue weighted by Gasteiger charge is 2.72. The fraction of sp³-hybridized carbons (Fsp3) is 0.296. The SMILES string of the molecule is CCOC(=O)C1(c2ccccc2)c2cc3ccccc3cc2CN2C(=O)CC[C@@]21C(=O)OC. The third-order valence-electron chi connectivity index (χ3n) is 7.10. The largest absolute Gasteiger partial charge is 0.467 e. The average Bonchev–Trinajstić information content (AvgIpc) is 3.18. The molecule has 0 radical (unpaired) electrons. The Balaban J connectivity index is 1.97. The van der Waals surface area contributed by atoms with Crippen LogP contribution in [0.25, 0.3) is 10.8 Å². The average molecular weight is 443 g/mol. The molecule has 2 heterocycles. The Morgan fingerprint density at radius 2 is 1.64 bits per heavy atom. The number of rotatable bonds is 4. The highest BCUT2D eigenvalue weighted by molar-refractivity contribution is 6.05. The maximum Gasteiger partial charge on any atom is 0.333 e. The summed E-state index contributed by atoms with van der Waals surface area (Å²) >= 11 is 0. The summed E-state index contributed by atoms with van der Waals surface area (Å²) in [4.78, 5) is 42.5. The summed E-state index contributed by atoms with van der Waals surface area (Å²) in [7, 11) is 1.30. The second-order valence-corrected chi connectivity index (χ2v) is 8.52. The fourth-order valence-electron chi connectivity index (χ4n) is 5.80. The second-order valence-electron chi connectivity index (χ2n) is 8.52. The van der Waals surface area contributed by atoms with Gasteiger partial charge in [-0.15, -0.1) is 0 Å². The van der Waals surface area contributed by atoms with Gasteiger partial charge in [-0.2, -0.15) is 0 Å². The van der Waals surface area contributed by atoms with Gasteiger partial charge in [0.2, 0.25) is 5.91 Å². The summed E-state index contributed by atoms with van der Waals surface area (Å²) in [5, 5.41) is 1.94. The van der Waals surface area contributed by atoms with Gasteiger partial charge >= 0.3 is 11.9 Å². The number of carbonyl (C=O) groups is 3. The molecule has 0 bridgehead atoms. The lowest BCUT2D eigenvalue weighted by Gasteiger charge is -2.53. The van der Waals surface area contributed by atoms with E-state index in [2.05, 4.69) is 0 Å². The van der Waals surface area contributed by atoms with E-state index in [1.54, 1.807) is 11.8 Å². The van der Waals surface area contributed by atoms with E-state index in [0.29, 0.717) is 11.1 Å². The van der Waals surface area contributed by atoms with Crippen LogP contribution in [-0.2, 0) is 35.8 Å². The first kappa shape index (κ1) is 21.2. The molecule has 1 saturated heterocycles. The van der Waals surface area contributed by atoms with E-state index in [4.69, 9.17) is 9.47 Å². The maximum absolute atomic E-state index is 14.1. The number of esters is 2. The van der Waals surface area contributed by atoms with Crippen molar-refractivity contribution in [2.24, 2.45) is 0 Å². The lowest BCUT2D eigenvalue weighted by atomic mass is 9.57. The first-order valence-electron chi connectivity index (χ1n) is 11.1. The summed E-state index contributed by atoms with van der Waals surface area (Å²) in [6.07, 6.45) is 0.315. The first-order chi connectivity index (χ1) is 16.0. The van der Waals surface area contributed by atoms with Crippen molar-refractivity contribution in [3.63, 3.8) is 0 Å². The number of nitrogens with zero attached hydrogens (tertiary/aromatic N) is 1. The number of benzene rings is 3. The number of hydrogen-bond donors (Lipinski definition) is 0. The summed E-state index contributed by atoms with van der Waals surface area (Å²) in [6.45, 7) is 2.10. The van der Waals surface area contributed by atoms with Crippen LogP contribution in [0.4, 0.5) is 0 Å². The van der Waals surface area contributed by atoms with E-state index in [-0.39, 0.29) is 31.9 Å². The molecule has 3 aromatic rings. The molecule has 3 aromatic carbocycles. The second kappa shape index (κ2) is 7.73. The molecular formula is C27H25NO5. The van der Waals surface area contributed by atoms with Gasteiger partial charge in [0.15, 0.2) is 11.0 Å². The Kier molecular flexibility index (Phi) is 4.96. The van der Waals surface area contributed by atoms with Crippen LogP contribution in [0.5, 0.6) is 0 Å². The number of ether oxygens (including phenoxy) is 2. The van der Waals surface area contributed by atoms with Gasteiger partial charge in [-0.05, 0) is 52.9 Å². The molecule has 0 spiro atoms. The third-order valence-corrected chi connectivity index (χ3v) is 7.10. The molecule has 1 fully saturated rings. The van der Waals surface area contributed by atoms with Gasteiger partial charge in [0.05, 0.1) is 13.7 Å². The number of fused-ring (bicyclic) bond motifs is 3. The lowest BCUT2D eigenvalue weighted by molar-refractivity contribution is -0.173. The predicted octanol–water partition coefficient (Wildman–Crippen LogP) is 3.74. The fourth-order valence-corrected chi connectivity index (χ4v) is 5.80. The summed E-state index contributed by atoms with van der Waals surface area (Å²) in [5.41, 5.74) is -1.00. The lowest BCUT2D eigenvalue weighted by Crippen LogP contribution is -2.71. The molecule has 33 heavy (non-hydrogen) atoms. The highest BCUT2D eigenvalue weighted by Crippen LogP contribution is 2.56. The minimum atomic E-state index is -1.57. The van der Waals surface area contributed by atoms with E-state index < -0.39 is 22.9 Å². The van der Waals surface area contributed by atoms with Gasteiger partial charge in [0, 0.05) is 13.0 Å². The molecule has 5 rings (SSSR count). The van der Waals surface area contributed by atoms with Crippen LogP contribution in [0, 0.1) is 0 Å². The molecule has 168 valence electrons. The molecule has 0 N–H and O–H groups in total. The molecular weight excluding hydrogens is 418 g/mol. The third kappa shape index (κ3) is 2.70. The number of hydrogen-bond acceptors (Lipinski definition) is 5. The van der Waals surface area contributed by atoms with Crippen LogP contribution in [0.1, 0.15) is 36.5 Å².